The average molecular weight is 354 g/mol. The van der Waals surface area contributed by atoms with Crippen molar-refractivity contribution in [2.75, 3.05) is 21.3 Å². The van der Waals surface area contributed by atoms with Gasteiger partial charge >= 0.3 is 0 Å². The van der Waals surface area contributed by atoms with Crippen molar-refractivity contribution >= 4 is 5.91 Å². The van der Waals surface area contributed by atoms with E-state index < -0.39 is 0 Å². The minimum Gasteiger partial charge on any atom is -0.493 e. The summed E-state index contributed by atoms with van der Waals surface area (Å²) in [5.41, 5.74) is 2.27. The first-order chi connectivity index (χ1) is 12.5. The number of ether oxygens (including phenoxy) is 3. The van der Waals surface area contributed by atoms with Gasteiger partial charge in [0.1, 0.15) is 0 Å². The molecule has 136 valence electrons. The molecule has 0 radical (unpaired) electrons. The van der Waals surface area contributed by atoms with E-state index in [9.17, 15) is 4.79 Å². The first-order valence-electron chi connectivity index (χ1n) is 8.10. The number of hydrogen-bond donors (Lipinski definition) is 1. The lowest BCUT2D eigenvalue weighted by molar-refractivity contribution is -0.121. The second kappa shape index (κ2) is 8.77. The Bertz CT molecular complexity index is 785. The van der Waals surface area contributed by atoms with Crippen molar-refractivity contribution in [1.82, 2.24) is 5.32 Å². The third kappa shape index (κ3) is 4.45. The van der Waals surface area contributed by atoms with Gasteiger partial charge in [0.2, 0.25) is 11.7 Å². The summed E-state index contributed by atoms with van der Waals surface area (Å²) in [5, 5.41) is 11.8. The summed E-state index contributed by atoms with van der Waals surface area (Å²) in [6, 6.07) is 12.6. The largest absolute Gasteiger partial charge is 0.493 e. The van der Waals surface area contributed by atoms with Gasteiger partial charge in [-0.15, -0.1) is 0 Å². The molecule has 2 aromatic rings. The Morgan fingerprint density at radius 3 is 2.12 bits per heavy atom. The van der Waals surface area contributed by atoms with Crippen LogP contribution < -0.4 is 19.5 Å². The number of methoxy groups -OCH3 is 3. The molecule has 0 saturated heterocycles. The lowest BCUT2D eigenvalue weighted by Crippen LogP contribution is -2.28. The molecule has 0 heterocycles. The Labute approximate surface area is 153 Å². The van der Waals surface area contributed by atoms with Crippen LogP contribution in [0.5, 0.6) is 17.2 Å². The minimum atomic E-state index is -0.169. The predicted octanol–water partition coefficient (Wildman–Crippen LogP) is 3.00. The van der Waals surface area contributed by atoms with Gasteiger partial charge in [0.15, 0.2) is 11.5 Å². The SMILES string of the molecule is COc1cc(CC(=O)NC(C)c2ccc(C#N)cc2)cc(OC)c1OC. The summed E-state index contributed by atoms with van der Waals surface area (Å²) >= 11 is 0. The monoisotopic (exact) mass is 354 g/mol. The molecule has 0 bridgehead atoms. The van der Waals surface area contributed by atoms with E-state index in [2.05, 4.69) is 11.4 Å². The highest BCUT2D eigenvalue weighted by atomic mass is 16.5. The molecule has 0 fully saturated rings. The number of nitriles is 1. The highest BCUT2D eigenvalue weighted by molar-refractivity contribution is 5.79. The average Bonchev–Trinajstić information content (AvgIpc) is 2.66. The van der Waals surface area contributed by atoms with E-state index in [1.165, 1.54) is 21.3 Å². The van der Waals surface area contributed by atoms with Crippen LogP contribution in [-0.2, 0) is 11.2 Å². The van der Waals surface area contributed by atoms with E-state index in [1.54, 1.807) is 24.3 Å². The van der Waals surface area contributed by atoms with Crippen molar-refractivity contribution in [1.29, 1.82) is 5.26 Å². The molecule has 1 atom stereocenters. The summed E-state index contributed by atoms with van der Waals surface area (Å²) in [6.07, 6.45) is 0.178. The van der Waals surface area contributed by atoms with Crippen LogP contribution >= 0.6 is 0 Å². The molecule has 1 N–H and O–H groups in total. The van der Waals surface area contributed by atoms with Crippen LogP contribution in [0, 0.1) is 11.3 Å². The van der Waals surface area contributed by atoms with Crippen molar-refractivity contribution in [3.05, 3.63) is 53.1 Å². The molecule has 0 aliphatic rings. The van der Waals surface area contributed by atoms with Crippen LogP contribution in [-0.4, -0.2) is 27.2 Å². The molecule has 2 rings (SSSR count). The minimum absolute atomic E-state index is 0.129. The Kier molecular flexibility index (Phi) is 6.45. The fourth-order valence-electron chi connectivity index (χ4n) is 2.65. The molecule has 0 aromatic heterocycles. The molecule has 0 saturated carbocycles. The molecule has 0 aliphatic carbocycles. The fraction of sp³-hybridized carbons (Fsp3) is 0.300. The van der Waals surface area contributed by atoms with Crippen LogP contribution in [0.3, 0.4) is 0 Å². The van der Waals surface area contributed by atoms with Crippen LogP contribution in [0.15, 0.2) is 36.4 Å². The normalized spacial score (nSPS) is 11.2. The first kappa shape index (κ1) is 19.1. The van der Waals surface area contributed by atoms with E-state index in [4.69, 9.17) is 19.5 Å². The van der Waals surface area contributed by atoms with Crippen LogP contribution in [0.1, 0.15) is 29.7 Å². The topological polar surface area (TPSA) is 80.6 Å². The van der Waals surface area contributed by atoms with Gasteiger partial charge in [-0.1, -0.05) is 12.1 Å². The quantitative estimate of drug-likeness (QED) is 0.827. The zero-order chi connectivity index (χ0) is 19.1. The summed E-state index contributed by atoms with van der Waals surface area (Å²) in [5.74, 6) is 1.38. The summed E-state index contributed by atoms with van der Waals surface area (Å²) in [4.78, 5) is 12.4. The zero-order valence-electron chi connectivity index (χ0n) is 15.3. The van der Waals surface area contributed by atoms with E-state index in [0.29, 0.717) is 22.8 Å². The Hall–Kier alpha value is -3.20. The second-order valence-corrected chi connectivity index (χ2v) is 5.73. The second-order valence-electron chi connectivity index (χ2n) is 5.73. The lowest BCUT2D eigenvalue weighted by atomic mass is 10.1. The molecular weight excluding hydrogens is 332 g/mol. The zero-order valence-corrected chi connectivity index (χ0v) is 15.3. The number of hydrogen-bond acceptors (Lipinski definition) is 5. The molecule has 2 aromatic carbocycles. The van der Waals surface area contributed by atoms with Gasteiger partial charge in [-0.3, -0.25) is 4.79 Å². The molecule has 0 aliphatic heterocycles. The molecule has 6 nitrogen and oxygen atoms in total. The van der Waals surface area contributed by atoms with E-state index >= 15 is 0 Å². The Morgan fingerprint density at radius 2 is 1.65 bits per heavy atom. The van der Waals surface area contributed by atoms with E-state index in [0.717, 1.165) is 11.1 Å². The smallest absolute Gasteiger partial charge is 0.224 e. The summed E-state index contributed by atoms with van der Waals surface area (Å²) < 4.78 is 15.9. The standard InChI is InChI=1S/C20H22N2O4/c1-13(16-7-5-14(12-21)6-8-16)22-19(23)11-15-9-17(24-2)20(26-4)18(10-15)25-3/h5-10,13H,11H2,1-4H3,(H,22,23). The van der Waals surface area contributed by atoms with Crippen LogP contribution in [0.4, 0.5) is 0 Å². The number of amides is 1. The maximum Gasteiger partial charge on any atom is 0.224 e. The molecule has 0 spiro atoms. The van der Waals surface area contributed by atoms with Crippen molar-refractivity contribution in [3.63, 3.8) is 0 Å². The third-order valence-corrected chi connectivity index (χ3v) is 4.01. The maximum atomic E-state index is 12.4. The maximum absolute atomic E-state index is 12.4. The summed E-state index contributed by atoms with van der Waals surface area (Å²) in [6.45, 7) is 1.90. The number of rotatable bonds is 7. The number of carbonyl (C=O) groups excluding carboxylic acids is 1. The van der Waals surface area contributed by atoms with Crippen molar-refractivity contribution in [2.24, 2.45) is 0 Å². The first-order valence-corrected chi connectivity index (χ1v) is 8.10. The van der Waals surface area contributed by atoms with Gasteiger partial charge < -0.3 is 19.5 Å². The van der Waals surface area contributed by atoms with Crippen LogP contribution in [0.25, 0.3) is 0 Å². The molecule has 6 heteroatoms. The molecule has 26 heavy (non-hydrogen) atoms. The number of benzene rings is 2. The third-order valence-electron chi connectivity index (χ3n) is 4.01. The van der Waals surface area contributed by atoms with Gasteiger partial charge in [0, 0.05) is 0 Å². The van der Waals surface area contributed by atoms with Crippen molar-refractivity contribution in [2.45, 2.75) is 19.4 Å². The molecular formula is C20H22N2O4. The van der Waals surface area contributed by atoms with E-state index in [1.807, 2.05) is 19.1 Å². The Balaban J connectivity index is 2.10. The van der Waals surface area contributed by atoms with Crippen molar-refractivity contribution < 1.29 is 19.0 Å². The highest BCUT2D eigenvalue weighted by Crippen LogP contribution is 2.38. The fourth-order valence-corrected chi connectivity index (χ4v) is 2.65. The van der Waals surface area contributed by atoms with E-state index in [-0.39, 0.29) is 18.4 Å². The number of carbonyl (C=O) groups is 1. The van der Waals surface area contributed by atoms with Crippen molar-refractivity contribution in [3.8, 4) is 23.3 Å². The van der Waals surface area contributed by atoms with Gasteiger partial charge in [0.25, 0.3) is 0 Å². The van der Waals surface area contributed by atoms with Gasteiger partial charge in [-0.05, 0) is 42.3 Å². The molecule has 1 unspecified atom stereocenters. The molecule has 1 amide bonds. The predicted molar refractivity (Wildman–Crippen MR) is 97.5 cm³/mol. The van der Waals surface area contributed by atoms with Crippen LogP contribution in [0.2, 0.25) is 0 Å². The lowest BCUT2D eigenvalue weighted by Gasteiger charge is -2.16. The van der Waals surface area contributed by atoms with Gasteiger partial charge in [-0.25, -0.2) is 0 Å². The number of nitrogens with zero attached hydrogens (tertiary/aromatic N) is 1. The number of nitrogens with one attached hydrogen (secondary N) is 1. The highest BCUT2D eigenvalue weighted by Gasteiger charge is 2.16. The Morgan fingerprint density at radius 1 is 1.08 bits per heavy atom. The summed E-state index contributed by atoms with van der Waals surface area (Å²) in [7, 11) is 4.61. The van der Waals surface area contributed by atoms with Gasteiger partial charge in [0.05, 0.1) is 45.4 Å². The van der Waals surface area contributed by atoms with Gasteiger partial charge in [-0.2, -0.15) is 5.26 Å².